The lowest BCUT2D eigenvalue weighted by molar-refractivity contribution is -0.148. The number of ether oxygens (including phenoxy) is 4. The van der Waals surface area contributed by atoms with E-state index in [0.29, 0.717) is 29.4 Å². The van der Waals surface area contributed by atoms with Gasteiger partial charge in [-0.3, -0.25) is 9.59 Å². The number of methoxy groups -OCH3 is 2. The molecular weight excluding hydrogens is 374 g/mol. The Labute approximate surface area is 169 Å². The number of rotatable bonds is 8. The number of esters is 1. The van der Waals surface area contributed by atoms with E-state index in [1.807, 2.05) is 18.2 Å². The molecule has 0 aromatic heterocycles. The van der Waals surface area contributed by atoms with Crippen LogP contribution in [0.2, 0.25) is 0 Å². The second-order valence-electron chi connectivity index (χ2n) is 6.86. The van der Waals surface area contributed by atoms with Crippen molar-refractivity contribution >= 4 is 11.9 Å². The molecule has 0 radical (unpaired) electrons. The van der Waals surface area contributed by atoms with E-state index in [1.54, 1.807) is 33.1 Å². The molecule has 1 N–H and O–H groups in total. The van der Waals surface area contributed by atoms with Gasteiger partial charge < -0.3 is 24.3 Å². The summed E-state index contributed by atoms with van der Waals surface area (Å²) in [5, 5.41) is 2.85. The van der Waals surface area contributed by atoms with Crippen molar-refractivity contribution in [1.82, 2.24) is 5.32 Å². The third-order valence-corrected chi connectivity index (χ3v) is 4.68. The Balaban J connectivity index is 1.96. The van der Waals surface area contributed by atoms with Crippen molar-refractivity contribution in [2.24, 2.45) is 5.92 Å². The van der Waals surface area contributed by atoms with Crippen LogP contribution in [0.1, 0.15) is 29.8 Å². The van der Waals surface area contributed by atoms with Gasteiger partial charge in [0.15, 0.2) is 11.5 Å². The van der Waals surface area contributed by atoms with Crippen molar-refractivity contribution in [1.29, 1.82) is 0 Å². The zero-order chi connectivity index (χ0) is 21.0. The Morgan fingerprint density at radius 3 is 2.45 bits per heavy atom. The van der Waals surface area contributed by atoms with Gasteiger partial charge in [-0.2, -0.15) is 0 Å². The Bertz CT molecular complexity index is 922. The predicted molar refractivity (Wildman–Crippen MR) is 107 cm³/mol. The van der Waals surface area contributed by atoms with Crippen LogP contribution in [-0.2, 0) is 16.1 Å². The Morgan fingerprint density at radius 1 is 1.00 bits per heavy atom. The van der Waals surface area contributed by atoms with E-state index in [-0.39, 0.29) is 31.0 Å². The van der Waals surface area contributed by atoms with E-state index < -0.39 is 0 Å². The van der Waals surface area contributed by atoms with Crippen molar-refractivity contribution < 1.29 is 28.5 Å². The largest absolute Gasteiger partial charge is 0.493 e. The van der Waals surface area contributed by atoms with Crippen molar-refractivity contribution in [3.05, 3.63) is 41.5 Å². The van der Waals surface area contributed by atoms with Gasteiger partial charge in [0.25, 0.3) is 5.91 Å². The summed E-state index contributed by atoms with van der Waals surface area (Å²) in [7, 11) is 3.09. The van der Waals surface area contributed by atoms with Crippen LogP contribution in [0.5, 0.6) is 17.2 Å². The highest BCUT2D eigenvalue weighted by molar-refractivity contribution is 6.01. The first-order valence-corrected chi connectivity index (χ1v) is 9.42. The van der Waals surface area contributed by atoms with Crippen LogP contribution in [0.15, 0.2) is 30.3 Å². The summed E-state index contributed by atoms with van der Waals surface area (Å²) in [6, 6.07) is 9.24. The minimum Gasteiger partial charge on any atom is -0.493 e. The molecule has 1 heterocycles. The first kappa shape index (κ1) is 20.5. The highest BCUT2D eigenvalue weighted by Gasteiger charge is 2.25. The molecule has 1 amide bonds. The number of carbonyl (C=O) groups excluding carboxylic acids is 2. The second-order valence-corrected chi connectivity index (χ2v) is 6.86. The van der Waals surface area contributed by atoms with Crippen molar-refractivity contribution in [3.63, 3.8) is 0 Å². The van der Waals surface area contributed by atoms with Crippen LogP contribution in [0.4, 0.5) is 0 Å². The van der Waals surface area contributed by atoms with Crippen LogP contribution < -0.4 is 19.5 Å². The van der Waals surface area contributed by atoms with E-state index in [2.05, 4.69) is 5.32 Å². The third kappa shape index (κ3) is 4.13. The van der Waals surface area contributed by atoms with Crippen LogP contribution in [-0.4, -0.2) is 39.3 Å². The monoisotopic (exact) mass is 399 g/mol. The molecule has 2 aromatic carbocycles. The lowest BCUT2D eigenvalue weighted by atomic mass is 9.95. The number of hydrogen-bond donors (Lipinski definition) is 1. The average molecular weight is 399 g/mol. The number of nitrogens with one attached hydrogen (secondary N) is 1. The van der Waals surface area contributed by atoms with Gasteiger partial charge in [-0.25, -0.2) is 0 Å². The molecule has 2 aromatic rings. The van der Waals surface area contributed by atoms with Crippen molar-refractivity contribution in [2.75, 3.05) is 27.4 Å². The number of hydrogen-bond acceptors (Lipinski definition) is 6. The van der Waals surface area contributed by atoms with Gasteiger partial charge >= 0.3 is 5.97 Å². The molecule has 0 saturated carbocycles. The molecule has 0 unspecified atom stereocenters. The molecule has 1 aliphatic heterocycles. The fraction of sp³-hybridized carbons (Fsp3) is 0.364. The summed E-state index contributed by atoms with van der Waals surface area (Å²) in [5.74, 6) is 0.860. The van der Waals surface area contributed by atoms with E-state index in [0.717, 1.165) is 16.7 Å². The summed E-state index contributed by atoms with van der Waals surface area (Å²) in [6.45, 7) is 4.27. The van der Waals surface area contributed by atoms with Gasteiger partial charge in [0, 0.05) is 17.7 Å². The molecule has 154 valence electrons. The zero-order valence-corrected chi connectivity index (χ0v) is 17.0. The molecule has 7 heteroatoms. The molecule has 0 aliphatic carbocycles. The van der Waals surface area contributed by atoms with Gasteiger partial charge in [0.1, 0.15) is 13.2 Å². The molecular formula is C22H25NO6. The molecule has 0 atom stereocenters. The van der Waals surface area contributed by atoms with E-state index in [9.17, 15) is 9.59 Å². The van der Waals surface area contributed by atoms with Crippen molar-refractivity contribution in [2.45, 2.75) is 20.4 Å². The van der Waals surface area contributed by atoms with Gasteiger partial charge in [-0.15, -0.1) is 0 Å². The van der Waals surface area contributed by atoms with Crippen molar-refractivity contribution in [3.8, 4) is 28.4 Å². The maximum atomic E-state index is 12.1. The minimum absolute atomic E-state index is 0.0922. The summed E-state index contributed by atoms with van der Waals surface area (Å²) in [5.41, 5.74) is 3.19. The molecule has 1 aliphatic rings. The Morgan fingerprint density at radius 2 is 1.76 bits per heavy atom. The number of amides is 1. The van der Waals surface area contributed by atoms with Gasteiger partial charge in [0.2, 0.25) is 5.75 Å². The summed E-state index contributed by atoms with van der Waals surface area (Å²) in [4.78, 5) is 23.7. The topological polar surface area (TPSA) is 83.1 Å². The molecule has 0 fully saturated rings. The lowest BCUT2D eigenvalue weighted by Crippen LogP contribution is -2.16. The zero-order valence-electron chi connectivity index (χ0n) is 17.0. The fourth-order valence-corrected chi connectivity index (χ4v) is 3.21. The van der Waals surface area contributed by atoms with Crippen LogP contribution in [0.25, 0.3) is 11.1 Å². The van der Waals surface area contributed by atoms with Gasteiger partial charge in [0.05, 0.1) is 20.1 Å². The second kappa shape index (κ2) is 8.86. The highest BCUT2D eigenvalue weighted by Crippen LogP contribution is 2.46. The molecule has 0 saturated heterocycles. The fourth-order valence-electron chi connectivity index (χ4n) is 3.21. The number of carbonyl (C=O) groups is 2. The van der Waals surface area contributed by atoms with E-state index in [4.69, 9.17) is 18.9 Å². The third-order valence-electron chi connectivity index (χ3n) is 4.68. The highest BCUT2D eigenvalue weighted by atomic mass is 16.6. The molecule has 29 heavy (non-hydrogen) atoms. The quantitative estimate of drug-likeness (QED) is 0.542. The van der Waals surface area contributed by atoms with Crippen LogP contribution in [0.3, 0.4) is 0 Å². The maximum Gasteiger partial charge on any atom is 0.308 e. The maximum absolute atomic E-state index is 12.1. The van der Waals surface area contributed by atoms with Gasteiger partial charge in [-0.1, -0.05) is 26.0 Å². The van der Waals surface area contributed by atoms with Gasteiger partial charge in [-0.05, 0) is 29.3 Å². The lowest BCUT2D eigenvalue weighted by Gasteiger charge is -2.19. The molecule has 7 nitrogen and oxygen atoms in total. The molecule has 0 bridgehead atoms. The first-order chi connectivity index (χ1) is 14.0. The predicted octanol–water partition coefficient (Wildman–Crippen LogP) is 3.19. The van der Waals surface area contributed by atoms with Crippen LogP contribution >= 0.6 is 0 Å². The van der Waals surface area contributed by atoms with Crippen LogP contribution in [0, 0.1) is 5.92 Å². The normalized spacial score (nSPS) is 12.4. The summed E-state index contributed by atoms with van der Waals surface area (Å²) < 4.78 is 22.1. The standard InChI is InChI=1S/C22H25NO6/c1-13(2)22(25)29-11-10-28-19-15(8-9-18(26-3)20(19)27-4)14-6-5-7-16-17(14)12-23-21(16)24/h5-9,13H,10-12H2,1-4H3,(H,23,24). The number of fused-ring (bicyclic) bond motifs is 1. The number of benzene rings is 2. The Hall–Kier alpha value is -3.22. The minimum atomic E-state index is -0.281. The van der Waals surface area contributed by atoms with E-state index in [1.165, 1.54) is 7.11 Å². The summed E-state index contributed by atoms with van der Waals surface area (Å²) in [6.07, 6.45) is 0. The SMILES string of the molecule is COc1ccc(-c2cccc3c2CNC3=O)c(OCCOC(=O)C(C)C)c1OC. The smallest absolute Gasteiger partial charge is 0.308 e. The summed E-state index contributed by atoms with van der Waals surface area (Å²) >= 11 is 0. The molecule has 0 spiro atoms. The first-order valence-electron chi connectivity index (χ1n) is 9.42. The molecule has 3 rings (SSSR count). The Kier molecular flexibility index (Phi) is 6.26. The average Bonchev–Trinajstić information content (AvgIpc) is 3.11. The van der Waals surface area contributed by atoms with E-state index >= 15 is 0 Å².